The van der Waals surface area contributed by atoms with E-state index >= 15 is 0 Å². The molecule has 1 N–H and O–H groups in total. The Kier molecular flexibility index (Phi) is 6.71. The van der Waals surface area contributed by atoms with E-state index in [1.54, 1.807) is 26.4 Å². The molecule has 2 aromatic rings. The smallest absolute Gasteiger partial charge is 0.317 e. The molecule has 1 saturated heterocycles. The van der Waals surface area contributed by atoms with Gasteiger partial charge in [0.05, 0.1) is 14.2 Å². The van der Waals surface area contributed by atoms with Crippen molar-refractivity contribution in [3.63, 3.8) is 0 Å². The maximum Gasteiger partial charge on any atom is 0.317 e. The Morgan fingerprint density at radius 3 is 2.25 bits per heavy atom. The van der Waals surface area contributed by atoms with Crippen LogP contribution in [0.3, 0.4) is 0 Å². The average Bonchev–Trinajstić information content (AvgIpc) is 2.74. The van der Waals surface area contributed by atoms with Crippen molar-refractivity contribution in [2.75, 3.05) is 40.4 Å². The molecule has 1 fully saturated rings. The van der Waals surface area contributed by atoms with Crippen LogP contribution in [0.2, 0.25) is 0 Å². The number of hydrogen-bond donors (Lipinski definition) is 1. The Bertz CT molecular complexity index is 790. The first kappa shape index (κ1) is 19.9. The Morgan fingerprint density at radius 2 is 1.61 bits per heavy atom. The van der Waals surface area contributed by atoms with E-state index in [9.17, 15) is 9.18 Å². The van der Waals surface area contributed by atoms with Crippen molar-refractivity contribution in [3.8, 4) is 11.5 Å². The number of hydrogen-bond acceptors (Lipinski definition) is 4. The molecule has 1 aliphatic rings. The normalized spacial score (nSPS) is 14.6. The lowest BCUT2D eigenvalue weighted by Gasteiger charge is -2.34. The fourth-order valence-electron chi connectivity index (χ4n) is 3.24. The molecule has 6 nitrogen and oxygen atoms in total. The molecule has 3 rings (SSSR count). The third-order valence-electron chi connectivity index (χ3n) is 4.87. The number of nitrogens with zero attached hydrogens (tertiary/aromatic N) is 2. The molecule has 2 aromatic carbocycles. The van der Waals surface area contributed by atoms with Crippen molar-refractivity contribution in [1.29, 1.82) is 0 Å². The quantitative estimate of drug-likeness (QED) is 0.828. The van der Waals surface area contributed by atoms with Crippen molar-refractivity contribution in [3.05, 3.63) is 59.4 Å². The summed E-state index contributed by atoms with van der Waals surface area (Å²) in [5.74, 6) is 1.08. The highest BCUT2D eigenvalue weighted by atomic mass is 19.1. The van der Waals surface area contributed by atoms with Crippen molar-refractivity contribution in [2.24, 2.45) is 0 Å². The van der Waals surface area contributed by atoms with Gasteiger partial charge in [-0.1, -0.05) is 18.2 Å². The van der Waals surface area contributed by atoms with Crippen molar-refractivity contribution < 1.29 is 18.7 Å². The molecule has 2 amide bonds. The second-order valence-corrected chi connectivity index (χ2v) is 6.74. The third-order valence-corrected chi connectivity index (χ3v) is 4.87. The SMILES string of the molecule is COc1ccc(CNC(=O)N2CCN(Cc3ccc(F)cc3)CC2)cc1OC. The van der Waals surface area contributed by atoms with Crippen LogP contribution in [-0.4, -0.2) is 56.2 Å². The van der Waals surface area contributed by atoms with Crippen LogP contribution in [-0.2, 0) is 13.1 Å². The molecular formula is C21H26FN3O3. The largest absolute Gasteiger partial charge is 0.493 e. The summed E-state index contributed by atoms with van der Waals surface area (Å²) in [5.41, 5.74) is 2.02. The summed E-state index contributed by atoms with van der Waals surface area (Å²) in [6.07, 6.45) is 0. The Balaban J connectivity index is 1.45. The van der Waals surface area contributed by atoms with Gasteiger partial charge in [0.2, 0.25) is 0 Å². The van der Waals surface area contributed by atoms with Crippen LogP contribution in [0.5, 0.6) is 11.5 Å². The topological polar surface area (TPSA) is 54.0 Å². The lowest BCUT2D eigenvalue weighted by Crippen LogP contribution is -2.51. The first-order chi connectivity index (χ1) is 13.6. The number of benzene rings is 2. The van der Waals surface area contributed by atoms with Crippen molar-refractivity contribution >= 4 is 6.03 Å². The van der Waals surface area contributed by atoms with Gasteiger partial charge in [0.15, 0.2) is 11.5 Å². The number of amides is 2. The molecular weight excluding hydrogens is 361 g/mol. The van der Waals surface area contributed by atoms with Gasteiger partial charge < -0.3 is 19.7 Å². The summed E-state index contributed by atoms with van der Waals surface area (Å²) in [4.78, 5) is 16.5. The van der Waals surface area contributed by atoms with Gasteiger partial charge in [0, 0.05) is 39.3 Å². The molecule has 0 bridgehead atoms. The number of halogens is 1. The molecule has 0 spiro atoms. The van der Waals surface area contributed by atoms with Gasteiger partial charge in [0.1, 0.15) is 5.82 Å². The maximum atomic E-state index is 13.0. The van der Waals surface area contributed by atoms with Gasteiger partial charge in [-0.25, -0.2) is 9.18 Å². The molecule has 0 aliphatic carbocycles. The van der Waals surface area contributed by atoms with E-state index in [0.29, 0.717) is 31.1 Å². The Morgan fingerprint density at radius 1 is 0.964 bits per heavy atom. The predicted octanol–water partition coefficient (Wildman–Crippen LogP) is 2.87. The molecule has 0 radical (unpaired) electrons. The number of carbonyl (C=O) groups excluding carboxylic acids is 1. The van der Waals surface area contributed by atoms with E-state index in [0.717, 1.165) is 30.8 Å². The van der Waals surface area contributed by atoms with Crippen LogP contribution < -0.4 is 14.8 Å². The second kappa shape index (κ2) is 9.41. The molecule has 28 heavy (non-hydrogen) atoms. The molecule has 0 aromatic heterocycles. The zero-order chi connectivity index (χ0) is 19.9. The molecule has 150 valence electrons. The zero-order valence-corrected chi connectivity index (χ0v) is 16.3. The first-order valence-electron chi connectivity index (χ1n) is 9.29. The standard InChI is InChI=1S/C21H26FN3O3/c1-27-19-8-5-17(13-20(19)28-2)14-23-21(26)25-11-9-24(10-12-25)15-16-3-6-18(22)7-4-16/h3-8,13H,9-12,14-15H2,1-2H3,(H,23,26). The maximum absolute atomic E-state index is 13.0. The van der Waals surface area contributed by atoms with Gasteiger partial charge in [-0.2, -0.15) is 0 Å². The average molecular weight is 387 g/mol. The Hall–Kier alpha value is -2.80. The first-order valence-corrected chi connectivity index (χ1v) is 9.29. The van der Waals surface area contributed by atoms with Crippen LogP contribution in [0.1, 0.15) is 11.1 Å². The molecule has 1 aliphatic heterocycles. The van der Waals surface area contributed by atoms with Gasteiger partial charge in [-0.3, -0.25) is 4.90 Å². The van der Waals surface area contributed by atoms with Crippen LogP contribution in [0.15, 0.2) is 42.5 Å². The minimum Gasteiger partial charge on any atom is -0.493 e. The number of nitrogens with one attached hydrogen (secondary N) is 1. The highest BCUT2D eigenvalue weighted by molar-refractivity contribution is 5.74. The van der Waals surface area contributed by atoms with Crippen LogP contribution in [0, 0.1) is 5.82 Å². The van der Waals surface area contributed by atoms with E-state index < -0.39 is 0 Å². The summed E-state index contributed by atoms with van der Waals surface area (Å²) < 4.78 is 23.5. The van der Waals surface area contributed by atoms with Gasteiger partial charge in [-0.05, 0) is 35.4 Å². The van der Waals surface area contributed by atoms with Crippen LogP contribution in [0.25, 0.3) is 0 Å². The highest BCUT2D eigenvalue weighted by Crippen LogP contribution is 2.27. The van der Waals surface area contributed by atoms with E-state index in [1.807, 2.05) is 23.1 Å². The lowest BCUT2D eigenvalue weighted by molar-refractivity contribution is 0.135. The molecule has 7 heteroatoms. The third kappa shape index (κ3) is 5.13. The summed E-state index contributed by atoms with van der Waals surface area (Å²) in [6, 6.07) is 12.1. The molecule has 0 saturated carbocycles. The van der Waals surface area contributed by atoms with E-state index in [2.05, 4.69) is 10.2 Å². The van der Waals surface area contributed by atoms with Gasteiger partial charge in [-0.15, -0.1) is 0 Å². The fourth-order valence-corrected chi connectivity index (χ4v) is 3.24. The highest BCUT2D eigenvalue weighted by Gasteiger charge is 2.21. The number of methoxy groups -OCH3 is 2. The summed E-state index contributed by atoms with van der Waals surface area (Å²) in [5, 5.41) is 2.96. The monoisotopic (exact) mass is 387 g/mol. The summed E-state index contributed by atoms with van der Waals surface area (Å²) in [6.45, 7) is 4.11. The van der Waals surface area contributed by atoms with Crippen LogP contribution >= 0.6 is 0 Å². The number of piperazine rings is 1. The number of ether oxygens (including phenoxy) is 2. The minimum atomic E-state index is -0.222. The van der Waals surface area contributed by atoms with E-state index in [4.69, 9.17) is 9.47 Å². The summed E-state index contributed by atoms with van der Waals surface area (Å²) >= 11 is 0. The van der Waals surface area contributed by atoms with Crippen molar-refractivity contribution in [2.45, 2.75) is 13.1 Å². The number of rotatable bonds is 6. The van der Waals surface area contributed by atoms with E-state index in [1.165, 1.54) is 12.1 Å². The fraction of sp³-hybridized carbons (Fsp3) is 0.381. The Labute approximate surface area is 164 Å². The van der Waals surface area contributed by atoms with Gasteiger partial charge >= 0.3 is 6.03 Å². The number of urea groups is 1. The molecule has 0 unspecified atom stereocenters. The van der Waals surface area contributed by atoms with E-state index in [-0.39, 0.29) is 11.8 Å². The second-order valence-electron chi connectivity index (χ2n) is 6.74. The summed E-state index contributed by atoms with van der Waals surface area (Å²) in [7, 11) is 3.18. The van der Waals surface area contributed by atoms with Crippen LogP contribution in [0.4, 0.5) is 9.18 Å². The zero-order valence-electron chi connectivity index (χ0n) is 16.3. The molecule has 1 heterocycles. The molecule has 0 atom stereocenters. The minimum absolute atomic E-state index is 0.0729. The number of carbonyl (C=O) groups is 1. The predicted molar refractivity (Wildman–Crippen MR) is 105 cm³/mol. The van der Waals surface area contributed by atoms with Gasteiger partial charge in [0.25, 0.3) is 0 Å². The lowest BCUT2D eigenvalue weighted by atomic mass is 10.2. The van der Waals surface area contributed by atoms with Crippen molar-refractivity contribution in [1.82, 2.24) is 15.1 Å².